The summed E-state index contributed by atoms with van der Waals surface area (Å²) in [5, 5.41) is 5.38. The van der Waals surface area contributed by atoms with Crippen LogP contribution in [0.3, 0.4) is 0 Å². The van der Waals surface area contributed by atoms with E-state index in [-0.39, 0.29) is 0 Å². The normalized spacial score (nSPS) is 14.6. The third-order valence-electron chi connectivity index (χ3n) is 2.64. The summed E-state index contributed by atoms with van der Waals surface area (Å²) in [6.07, 6.45) is 0. The molecule has 0 bridgehead atoms. The SMILES string of the molecule is c1csc(-c2ccc(C3=NCCN3)cc2)c1. The number of benzene rings is 1. The molecule has 1 N–H and O–H groups in total. The number of nitrogens with one attached hydrogen (secondary N) is 1. The Morgan fingerprint density at radius 3 is 2.50 bits per heavy atom. The Labute approximate surface area is 98.7 Å². The second-order valence-corrected chi connectivity index (χ2v) is 4.66. The highest BCUT2D eigenvalue weighted by molar-refractivity contribution is 7.13. The van der Waals surface area contributed by atoms with Crippen LogP contribution in [0.1, 0.15) is 5.56 Å². The predicted molar refractivity (Wildman–Crippen MR) is 69.2 cm³/mol. The third-order valence-corrected chi connectivity index (χ3v) is 3.56. The molecule has 0 unspecified atom stereocenters. The van der Waals surface area contributed by atoms with E-state index in [1.54, 1.807) is 11.3 Å². The summed E-state index contributed by atoms with van der Waals surface area (Å²) in [5.41, 5.74) is 2.45. The Bertz CT molecular complexity index is 497. The first-order valence-corrected chi connectivity index (χ1v) is 6.24. The minimum absolute atomic E-state index is 0.891. The molecule has 0 radical (unpaired) electrons. The molecule has 0 saturated carbocycles. The number of nitrogens with zero attached hydrogens (tertiary/aromatic N) is 1. The van der Waals surface area contributed by atoms with Gasteiger partial charge in [0.2, 0.25) is 0 Å². The Morgan fingerprint density at radius 2 is 1.88 bits per heavy atom. The summed E-state index contributed by atoms with van der Waals surface area (Å²) in [7, 11) is 0. The van der Waals surface area contributed by atoms with E-state index >= 15 is 0 Å². The van der Waals surface area contributed by atoms with Crippen LogP contribution in [0.15, 0.2) is 46.8 Å². The zero-order chi connectivity index (χ0) is 10.8. The van der Waals surface area contributed by atoms with Gasteiger partial charge in [-0.15, -0.1) is 11.3 Å². The van der Waals surface area contributed by atoms with Gasteiger partial charge in [-0.1, -0.05) is 30.3 Å². The quantitative estimate of drug-likeness (QED) is 0.839. The predicted octanol–water partition coefficient (Wildman–Crippen LogP) is 2.76. The van der Waals surface area contributed by atoms with Crippen molar-refractivity contribution in [1.82, 2.24) is 5.32 Å². The van der Waals surface area contributed by atoms with Crippen molar-refractivity contribution in [2.24, 2.45) is 4.99 Å². The van der Waals surface area contributed by atoms with Gasteiger partial charge in [0.25, 0.3) is 0 Å². The Balaban J connectivity index is 1.90. The van der Waals surface area contributed by atoms with Crippen LogP contribution in [0.2, 0.25) is 0 Å². The summed E-state index contributed by atoms with van der Waals surface area (Å²) < 4.78 is 0. The summed E-state index contributed by atoms with van der Waals surface area (Å²) in [6, 6.07) is 12.8. The monoisotopic (exact) mass is 228 g/mol. The van der Waals surface area contributed by atoms with E-state index in [4.69, 9.17) is 0 Å². The number of rotatable bonds is 2. The van der Waals surface area contributed by atoms with Crippen LogP contribution in [-0.4, -0.2) is 18.9 Å². The Hall–Kier alpha value is -1.61. The lowest BCUT2D eigenvalue weighted by Gasteiger charge is -2.03. The van der Waals surface area contributed by atoms with Crippen molar-refractivity contribution >= 4 is 17.2 Å². The summed E-state index contributed by atoms with van der Waals surface area (Å²) in [4.78, 5) is 5.72. The zero-order valence-corrected chi connectivity index (χ0v) is 9.63. The molecular weight excluding hydrogens is 216 g/mol. The average Bonchev–Trinajstić information content (AvgIpc) is 3.03. The average molecular weight is 228 g/mol. The van der Waals surface area contributed by atoms with Crippen molar-refractivity contribution in [3.05, 3.63) is 47.3 Å². The standard InChI is InChI=1S/C13H12N2S/c1-2-12(16-9-1)10-3-5-11(6-4-10)13-14-7-8-15-13/h1-6,9H,7-8H2,(H,14,15). The lowest BCUT2D eigenvalue weighted by atomic mass is 10.1. The molecule has 0 aliphatic carbocycles. The van der Waals surface area contributed by atoms with E-state index in [1.807, 2.05) is 0 Å². The topological polar surface area (TPSA) is 24.4 Å². The highest BCUT2D eigenvalue weighted by Gasteiger charge is 2.07. The smallest absolute Gasteiger partial charge is 0.128 e. The van der Waals surface area contributed by atoms with Crippen LogP contribution in [0.5, 0.6) is 0 Å². The summed E-state index contributed by atoms with van der Waals surface area (Å²) in [5.74, 6) is 1.03. The maximum absolute atomic E-state index is 4.41. The summed E-state index contributed by atoms with van der Waals surface area (Å²) >= 11 is 1.77. The Kier molecular flexibility index (Phi) is 2.46. The minimum atomic E-state index is 0.891. The van der Waals surface area contributed by atoms with Crippen LogP contribution in [0, 0.1) is 0 Å². The van der Waals surface area contributed by atoms with Gasteiger partial charge in [-0.3, -0.25) is 4.99 Å². The van der Waals surface area contributed by atoms with Crippen molar-refractivity contribution in [2.75, 3.05) is 13.1 Å². The van der Waals surface area contributed by atoms with Crippen molar-refractivity contribution in [2.45, 2.75) is 0 Å². The molecule has 3 rings (SSSR count). The van der Waals surface area contributed by atoms with Crippen LogP contribution in [-0.2, 0) is 0 Å². The van der Waals surface area contributed by atoms with E-state index < -0.39 is 0 Å². The number of amidine groups is 1. The van der Waals surface area contributed by atoms with Gasteiger partial charge in [-0.05, 0) is 17.0 Å². The third kappa shape index (κ3) is 1.74. The molecule has 1 aliphatic rings. The van der Waals surface area contributed by atoms with E-state index in [1.165, 1.54) is 16.0 Å². The molecule has 2 aromatic rings. The lowest BCUT2D eigenvalue weighted by molar-refractivity contribution is 0.960. The van der Waals surface area contributed by atoms with Gasteiger partial charge in [0.1, 0.15) is 5.84 Å². The van der Waals surface area contributed by atoms with Gasteiger partial charge in [-0.2, -0.15) is 0 Å². The molecule has 1 aromatic heterocycles. The molecule has 0 atom stereocenters. The van der Waals surface area contributed by atoms with Gasteiger partial charge in [-0.25, -0.2) is 0 Å². The molecule has 0 spiro atoms. The first kappa shape index (κ1) is 9.60. The molecule has 1 aromatic carbocycles. The van der Waals surface area contributed by atoms with Gasteiger partial charge in [0, 0.05) is 17.0 Å². The first-order valence-electron chi connectivity index (χ1n) is 5.36. The second kappa shape index (κ2) is 4.10. The first-order chi connectivity index (χ1) is 7.93. The van der Waals surface area contributed by atoms with E-state index in [0.29, 0.717) is 0 Å². The highest BCUT2D eigenvalue weighted by Crippen LogP contribution is 2.24. The molecule has 80 valence electrons. The van der Waals surface area contributed by atoms with Gasteiger partial charge in [0.15, 0.2) is 0 Å². The minimum Gasteiger partial charge on any atom is -0.368 e. The number of hydrogen-bond acceptors (Lipinski definition) is 3. The molecule has 1 aliphatic heterocycles. The molecule has 2 nitrogen and oxygen atoms in total. The van der Waals surface area contributed by atoms with Crippen molar-refractivity contribution in [3.8, 4) is 10.4 Å². The van der Waals surface area contributed by atoms with Gasteiger partial charge in [0.05, 0.1) is 6.54 Å². The fourth-order valence-electron chi connectivity index (χ4n) is 1.83. The second-order valence-electron chi connectivity index (χ2n) is 3.71. The highest BCUT2D eigenvalue weighted by atomic mass is 32.1. The summed E-state index contributed by atoms with van der Waals surface area (Å²) in [6.45, 7) is 1.85. The molecule has 16 heavy (non-hydrogen) atoms. The van der Waals surface area contributed by atoms with Crippen molar-refractivity contribution in [3.63, 3.8) is 0 Å². The van der Waals surface area contributed by atoms with Crippen molar-refractivity contribution in [1.29, 1.82) is 0 Å². The van der Waals surface area contributed by atoms with Crippen molar-refractivity contribution < 1.29 is 0 Å². The zero-order valence-electron chi connectivity index (χ0n) is 8.81. The molecular formula is C13H12N2S. The maximum atomic E-state index is 4.41. The van der Waals surface area contributed by atoms with E-state index in [9.17, 15) is 0 Å². The Morgan fingerprint density at radius 1 is 1.06 bits per heavy atom. The van der Waals surface area contributed by atoms with Gasteiger partial charge >= 0.3 is 0 Å². The molecule has 0 saturated heterocycles. The number of hydrogen-bond donors (Lipinski definition) is 1. The van der Waals surface area contributed by atoms with Crippen LogP contribution < -0.4 is 5.32 Å². The number of thiophene rings is 1. The largest absolute Gasteiger partial charge is 0.368 e. The maximum Gasteiger partial charge on any atom is 0.128 e. The fraction of sp³-hybridized carbons (Fsp3) is 0.154. The van der Waals surface area contributed by atoms with Crippen LogP contribution >= 0.6 is 11.3 Å². The molecule has 2 heterocycles. The fourth-order valence-corrected chi connectivity index (χ4v) is 2.56. The molecule has 3 heteroatoms. The number of aliphatic imine (C=N–C) groups is 1. The van der Waals surface area contributed by atoms with Crippen LogP contribution in [0.4, 0.5) is 0 Å². The lowest BCUT2D eigenvalue weighted by Crippen LogP contribution is -2.19. The van der Waals surface area contributed by atoms with E-state index in [2.05, 4.69) is 52.1 Å². The molecule has 0 fully saturated rings. The van der Waals surface area contributed by atoms with Gasteiger partial charge < -0.3 is 5.32 Å². The van der Waals surface area contributed by atoms with E-state index in [0.717, 1.165) is 18.9 Å². The molecule has 0 amide bonds. The van der Waals surface area contributed by atoms with Crippen LogP contribution in [0.25, 0.3) is 10.4 Å².